The van der Waals surface area contributed by atoms with Crippen molar-refractivity contribution in [1.82, 2.24) is 4.90 Å². The molecule has 2 aliphatic rings. The van der Waals surface area contributed by atoms with E-state index >= 15 is 0 Å². The van der Waals surface area contributed by atoms with Crippen molar-refractivity contribution in [2.24, 2.45) is 11.8 Å². The predicted molar refractivity (Wildman–Crippen MR) is 77.5 cm³/mol. The Labute approximate surface area is 119 Å². The SMILES string of the molecule is CN1C[C@H]2CCC[C@H](c3ccc(Cl)c(Cl)c3)[C@@H]2C1. The molecule has 3 heteroatoms. The first kappa shape index (κ1) is 12.8. The summed E-state index contributed by atoms with van der Waals surface area (Å²) in [6, 6.07) is 6.19. The molecule has 3 atom stereocenters. The van der Waals surface area contributed by atoms with Crippen molar-refractivity contribution in [2.75, 3.05) is 20.1 Å². The van der Waals surface area contributed by atoms with E-state index in [1.807, 2.05) is 6.07 Å². The largest absolute Gasteiger partial charge is 0.306 e. The summed E-state index contributed by atoms with van der Waals surface area (Å²) < 4.78 is 0. The maximum absolute atomic E-state index is 6.16. The Morgan fingerprint density at radius 3 is 2.72 bits per heavy atom. The second-order valence-electron chi connectivity index (χ2n) is 5.86. The zero-order valence-electron chi connectivity index (χ0n) is 10.7. The topological polar surface area (TPSA) is 3.24 Å². The van der Waals surface area contributed by atoms with Crippen LogP contribution in [-0.2, 0) is 0 Å². The highest BCUT2D eigenvalue weighted by Crippen LogP contribution is 2.45. The van der Waals surface area contributed by atoms with Crippen LogP contribution in [-0.4, -0.2) is 25.0 Å². The van der Waals surface area contributed by atoms with Gasteiger partial charge in [-0.15, -0.1) is 0 Å². The van der Waals surface area contributed by atoms with Gasteiger partial charge in [-0.05, 0) is 55.3 Å². The number of rotatable bonds is 1. The van der Waals surface area contributed by atoms with E-state index in [0.717, 1.165) is 11.8 Å². The predicted octanol–water partition coefficient (Wildman–Crippen LogP) is 4.44. The third-order valence-corrected chi connectivity index (χ3v) is 5.39. The van der Waals surface area contributed by atoms with Crippen molar-refractivity contribution < 1.29 is 0 Å². The minimum absolute atomic E-state index is 0.663. The van der Waals surface area contributed by atoms with Crippen molar-refractivity contribution in [3.05, 3.63) is 33.8 Å². The molecule has 0 radical (unpaired) electrons. The van der Waals surface area contributed by atoms with Gasteiger partial charge in [-0.1, -0.05) is 35.7 Å². The van der Waals surface area contributed by atoms with Crippen LogP contribution in [0, 0.1) is 11.8 Å². The Hall–Kier alpha value is -0.240. The van der Waals surface area contributed by atoms with Crippen LogP contribution in [0.25, 0.3) is 0 Å². The third-order valence-electron chi connectivity index (χ3n) is 4.65. The van der Waals surface area contributed by atoms with Crippen molar-refractivity contribution in [2.45, 2.75) is 25.2 Å². The van der Waals surface area contributed by atoms with E-state index in [2.05, 4.69) is 24.1 Å². The Morgan fingerprint density at radius 1 is 1.11 bits per heavy atom. The lowest BCUT2D eigenvalue weighted by Gasteiger charge is -2.33. The fourth-order valence-corrected chi connectivity index (χ4v) is 4.16. The maximum Gasteiger partial charge on any atom is 0.0595 e. The molecule has 0 aromatic heterocycles. The number of fused-ring (bicyclic) bond motifs is 1. The van der Waals surface area contributed by atoms with E-state index in [-0.39, 0.29) is 0 Å². The average Bonchev–Trinajstić information content (AvgIpc) is 2.72. The molecule has 1 nitrogen and oxygen atoms in total. The summed E-state index contributed by atoms with van der Waals surface area (Å²) in [5, 5.41) is 1.36. The highest BCUT2D eigenvalue weighted by Gasteiger charge is 2.39. The van der Waals surface area contributed by atoms with Gasteiger partial charge in [0.05, 0.1) is 10.0 Å². The summed E-state index contributed by atoms with van der Waals surface area (Å²) in [7, 11) is 2.24. The zero-order chi connectivity index (χ0) is 12.7. The van der Waals surface area contributed by atoms with E-state index in [9.17, 15) is 0 Å². The van der Waals surface area contributed by atoms with Gasteiger partial charge in [0, 0.05) is 13.1 Å². The van der Waals surface area contributed by atoms with Crippen molar-refractivity contribution in [1.29, 1.82) is 0 Å². The number of hydrogen-bond donors (Lipinski definition) is 0. The molecule has 1 heterocycles. The first-order valence-corrected chi connectivity index (χ1v) is 7.54. The Morgan fingerprint density at radius 2 is 1.94 bits per heavy atom. The van der Waals surface area contributed by atoms with Gasteiger partial charge in [0.25, 0.3) is 0 Å². The molecule has 1 aliphatic carbocycles. The third kappa shape index (κ3) is 2.29. The number of hydrogen-bond acceptors (Lipinski definition) is 1. The van der Waals surface area contributed by atoms with Crippen molar-refractivity contribution in [3.63, 3.8) is 0 Å². The molecular weight excluding hydrogens is 265 g/mol. The fourth-order valence-electron chi connectivity index (χ4n) is 3.85. The van der Waals surface area contributed by atoms with Gasteiger partial charge in [0.2, 0.25) is 0 Å². The van der Waals surface area contributed by atoms with Crippen LogP contribution in [0.5, 0.6) is 0 Å². The molecule has 2 fully saturated rings. The van der Waals surface area contributed by atoms with Gasteiger partial charge in [-0.2, -0.15) is 0 Å². The van der Waals surface area contributed by atoms with Crippen LogP contribution in [0.2, 0.25) is 10.0 Å². The highest BCUT2D eigenvalue weighted by atomic mass is 35.5. The molecule has 1 saturated carbocycles. The second-order valence-corrected chi connectivity index (χ2v) is 6.67. The lowest BCUT2D eigenvalue weighted by molar-refractivity contribution is 0.258. The number of halogens is 2. The first-order chi connectivity index (χ1) is 8.65. The highest BCUT2D eigenvalue weighted by molar-refractivity contribution is 6.42. The number of benzene rings is 1. The molecule has 0 amide bonds. The van der Waals surface area contributed by atoms with Crippen molar-refractivity contribution >= 4 is 23.2 Å². The van der Waals surface area contributed by atoms with Crippen LogP contribution < -0.4 is 0 Å². The van der Waals surface area contributed by atoms with Crippen LogP contribution in [0.15, 0.2) is 18.2 Å². The quantitative estimate of drug-likeness (QED) is 0.737. The second kappa shape index (κ2) is 5.03. The van der Waals surface area contributed by atoms with Gasteiger partial charge in [0.1, 0.15) is 0 Å². The molecule has 1 aromatic carbocycles. The molecule has 3 rings (SSSR count). The summed E-state index contributed by atoms with van der Waals surface area (Å²) in [6.07, 6.45) is 4.04. The molecular formula is C15H19Cl2N. The molecule has 98 valence electrons. The van der Waals surface area contributed by atoms with E-state index in [1.54, 1.807) is 0 Å². The Balaban J connectivity index is 1.88. The number of nitrogens with zero attached hydrogens (tertiary/aromatic N) is 1. The van der Waals surface area contributed by atoms with Gasteiger partial charge >= 0.3 is 0 Å². The molecule has 18 heavy (non-hydrogen) atoms. The summed E-state index contributed by atoms with van der Waals surface area (Å²) in [5.41, 5.74) is 1.38. The number of likely N-dealkylation sites (tertiary alicyclic amines) is 1. The Bertz CT molecular complexity index is 446. The summed E-state index contributed by atoms with van der Waals surface area (Å²) in [6.45, 7) is 2.50. The molecule has 0 spiro atoms. The fraction of sp³-hybridized carbons (Fsp3) is 0.600. The first-order valence-electron chi connectivity index (χ1n) is 6.78. The van der Waals surface area contributed by atoms with Gasteiger partial charge in [0.15, 0.2) is 0 Å². The minimum atomic E-state index is 0.663. The van der Waals surface area contributed by atoms with Gasteiger partial charge in [-0.25, -0.2) is 0 Å². The summed E-state index contributed by atoms with van der Waals surface area (Å²) >= 11 is 12.2. The van der Waals surface area contributed by atoms with Crippen LogP contribution in [0.4, 0.5) is 0 Å². The smallest absolute Gasteiger partial charge is 0.0595 e. The summed E-state index contributed by atoms with van der Waals surface area (Å²) in [5.74, 6) is 2.35. The molecule has 1 aromatic rings. The van der Waals surface area contributed by atoms with Gasteiger partial charge in [-0.3, -0.25) is 0 Å². The molecule has 0 bridgehead atoms. The zero-order valence-corrected chi connectivity index (χ0v) is 12.2. The van der Waals surface area contributed by atoms with Gasteiger partial charge < -0.3 is 4.90 Å². The molecule has 1 saturated heterocycles. The summed E-state index contributed by atoms with van der Waals surface area (Å²) in [4.78, 5) is 2.48. The molecule has 1 aliphatic heterocycles. The molecule has 0 N–H and O–H groups in total. The van der Waals surface area contributed by atoms with E-state index in [4.69, 9.17) is 23.2 Å². The van der Waals surface area contributed by atoms with E-state index in [0.29, 0.717) is 16.0 Å². The monoisotopic (exact) mass is 283 g/mol. The van der Waals surface area contributed by atoms with Crippen LogP contribution >= 0.6 is 23.2 Å². The average molecular weight is 284 g/mol. The normalized spacial score (nSPS) is 32.5. The lowest BCUT2D eigenvalue weighted by atomic mass is 9.71. The van der Waals surface area contributed by atoms with Crippen molar-refractivity contribution in [3.8, 4) is 0 Å². The maximum atomic E-state index is 6.16. The van der Waals surface area contributed by atoms with Crippen LogP contribution in [0.1, 0.15) is 30.7 Å². The van der Waals surface area contributed by atoms with E-state index < -0.39 is 0 Å². The standard InChI is InChI=1S/C15H19Cl2N/c1-18-8-11-3-2-4-12(13(11)9-18)10-5-6-14(16)15(17)7-10/h5-7,11-13H,2-4,8-9H2,1H3/t11-,12-,13-/m1/s1. The van der Waals surface area contributed by atoms with E-state index in [1.165, 1.54) is 37.9 Å². The minimum Gasteiger partial charge on any atom is -0.306 e. The lowest BCUT2D eigenvalue weighted by Crippen LogP contribution is -2.25. The Kier molecular flexibility index (Phi) is 3.57. The molecule has 0 unspecified atom stereocenters. The van der Waals surface area contributed by atoms with Crippen LogP contribution in [0.3, 0.4) is 0 Å².